The number of carbonyl (C=O) groups excluding carboxylic acids is 1. The molecule has 6 rings (SSSR count). The Bertz CT molecular complexity index is 1630. The van der Waals surface area contributed by atoms with Crippen molar-refractivity contribution >= 4 is 28.1 Å². The topological polar surface area (TPSA) is 73.1 Å². The van der Waals surface area contributed by atoms with Crippen LogP contribution in [0, 0.1) is 0 Å². The second kappa shape index (κ2) is 6.40. The number of hydrogen-bond donors (Lipinski definition) is 1. The van der Waals surface area contributed by atoms with Crippen molar-refractivity contribution in [1.29, 1.82) is 0 Å². The van der Waals surface area contributed by atoms with Crippen molar-refractivity contribution in [3.8, 4) is 0 Å². The van der Waals surface area contributed by atoms with Gasteiger partial charge in [-0.25, -0.2) is 4.79 Å². The Morgan fingerprint density at radius 3 is 2.28 bits per heavy atom. The molecule has 156 valence electrons. The predicted molar refractivity (Wildman–Crippen MR) is 124 cm³/mol. The van der Waals surface area contributed by atoms with Gasteiger partial charge in [0.15, 0.2) is 5.78 Å². The molecule has 1 aliphatic carbocycles. The summed E-state index contributed by atoms with van der Waals surface area (Å²) in [4.78, 5) is 39.8. The number of anilines is 1. The Labute approximate surface area is 183 Å². The van der Waals surface area contributed by atoms with Crippen molar-refractivity contribution in [2.45, 2.75) is 5.92 Å². The van der Waals surface area contributed by atoms with Crippen molar-refractivity contribution in [1.82, 2.24) is 9.13 Å². The highest BCUT2D eigenvalue weighted by molar-refractivity contribution is 6.24. The summed E-state index contributed by atoms with van der Waals surface area (Å²) in [6.45, 7) is 0. The number of nitrogens with zero attached hydrogens (tertiary/aromatic N) is 2. The summed E-state index contributed by atoms with van der Waals surface area (Å²) in [5.74, 6) is -0.264. The van der Waals surface area contributed by atoms with Gasteiger partial charge in [-0.3, -0.25) is 18.7 Å². The number of hydrogen-bond acceptors (Lipinski definition) is 4. The summed E-state index contributed by atoms with van der Waals surface area (Å²) < 4.78 is 2.56. The summed E-state index contributed by atoms with van der Waals surface area (Å²) in [5, 5.41) is 5.28. The molecule has 4 aromatic rings. The average Bonchev–Trinajstić information content (AvgIpc) is 3.12. The highest BCUT2D eigenvalue weighted by Gasteiger charge is 2.43. The van der Waals surface area contributed by atoms with Crippen molar-refractivity contribution < 1.29 is 4.79 Å². The van der Waals surface area contributed by atoms with Crippen LogP contribution >= 0.6 is 0 Å². The van der Waals surface area contributed by atoms with Gasteiger partial charge in [0, 0.05) is 36.7 Å². The zero-order valence-electron chi connectivity index (χ0n) is 17.5. The second-order valence-corrected chi connectivity index (χ2v) is 8.26. The first kappa shape index (κ1) is 18.6. The van der Waals surface area contributed by atoms with Crippen LogP contribution < -0.4 is 16.6 Å². The molecule has 6 heteroatoms. The van der Waals surface area contributed by atoms with Crippen LogP contribution in [-0.2, 0) is 14.1 Å². The number of nitrogens with one attached hydrogen (secondary N) is 1. The fourth-order valence-corrected chi connectivity index (χ4v) is 5.07. The quantitative estimate of drug-likeness (QED) is 0.511. The van der Waals surface area contributed by atoms with Gasteiger partial charge >= 0.3 is 5.69 Å². The number of fused-ring (bicyclic) bond motifs is 4. The van der Waals surface area contributed by atoms with Crippen LogP contribution in [0.2, 0.25) is 0 Å². The van der Waals surface area contributed by atoms with E-state index >= 15 is 0 Å². The zero-order chi connectivity index (χ0) is 22.1. The number of Topliss-reactive ketones (excluding diaryl/α,β-unsaturated/α-hetero) is 1. The van der Waals surface area contributed by atoms with Crippen LogP contribution in [0.15, 0.2) is 81.9 Å². The van der Waals surface area contributed by atoms with Gasteiger partial charge in [-0.2, -0.15) is 0 Å². The fourth-order valence-electron chi connectivity index (χ4n) is 5.07. The van der Waals surface area contributed by atoms with Gasteiger partial charge in [0.25, 0.3) is 5.56 Å². The molecule has 0 unspecified atom stereocenters. The van der Waals surface area contributed by atoms with E-state index in [-0.39, 0.29) is 5.78 Å². The molecule has 0 amide bonds. The molecular formula is C26H19N3O3. The third-order valence-corrected chi connectivity index (χ3v) is 6.61. The van der Waals surface area contributed by atoms with Gasteiger partial charge in [0.2, 0.25) is 0 Å². The van der Waals surface area contributed by atoms with E-state index in [0.29, 0.717) is 28.2 Å². The maximum Gasteiger partial charge on any atom is 0.332 e. The number of rotatable bonds is 1. The lowest BCUT2D eigenvalue weighted by atomic mass is 9.79. The summed E-state index contributed by atoms with van der Waals surface area (Å²) in [6, 6.07) is 21.3. The molecule has 0 spiro atoms. The van der Waals surface area contributed by atoms with E-state index in [9.17, 15) is 14.4 Å². The summed E-state index contributed by atoms with van der Waals surface area (Å²) in [7, 11) is 3.11. The van der Waals surface area contributed by atoms with Crippen LogP contribution in [-0.4, -0.2) is 14.9 Å². The number of aromatic nitrogens is 2. The summed E-state index contributed by atoms with van der Waals surface area (Å²) in [6.07, 6.45) is 0. The first-order valence-corrected chi connectivity index (χ1v) is 10.4. The third kappa shape index (κ3) is 2.26. The van der Waals surface area contributed by atoms with Crippen LogP contribution in [0.4, 0.5) is 5.82 Å². The van der Waals surface area contributed by atoms with Crippen LogP contribution in [0.1, 0.15) is 33.0 Å². The van der Waals surface area contributed by atoms with Crippen molar-refractivity contribution in [3.63, 3.8) is 0 Å². The molecule has 1 aromatic heterocycles. The van der Waals surface area contributed by atoms with E-state index in [1.807, 2.05) is 60.7 Å². The molecule has 0 saturated heterocycles. The number of benzene rings is 3. The molecule has 0 bridgehead atoms. The maximum atomic E-state index is 13.6. The average molecular weight is 421 g/mol. The molecule has 3 aromatic carbocycles. The van der Waals surface area contributed by atoms with Crippen LogP contribution in [0.5, 0.6) is 0 Å². The second-order valence-electron chi connectivity index (χ2n) is 8.26. The van der Waals surface area contributed by atoms with Gasteiger partial charge in [-0.1, -0.05) is 66.7 Å². The largest absolute Gasteiger partial charge is 0.340 e. The Kier molecular flexibility index (Phi) is 3.72. The molecule has 1 atom stereocenters. The van der Waals surface area contributed by atoms with Crippen LogP contribution in [0.3, 0.4) is 0 Å². The predicted octanol–water partition coefficient (Wildman–Crippen LogP) is 3.40. The lowest BCUT2D eigenvalue weighted by Gasteiger charge is -2.30. The minimum atomic E-state index is -0.599. The van der Waals surface area contributed by atoms with Gasteiger partial charge < -0.3 is 5.32 Å². The van der Waals surface area contributed by atoms with Crippen molar-refractivity contribution in [2.75, 3.05) is 5.32 Å². The smallest absolute Gasteiger partial charge is 0.332 e. The molecule has 0 radical (unpaired) electrons. The van der Waals surface area contributed by atoms with Gasteiger partial charge in [-0.15, -0.1) is 0 Å². The molecule has 1 aliphatic heterocycles. The summed E-state index contributed by atoms with van der Waals surface area (Å²) >= 11 is 0. The monoisotopic (exact) mass is 421 g/mol. The standard InChI is InChI=1S/C26H19N3O3/c1-28-24-21(25(31)29(2)26(28)32)19(16-13-7-9-14-8-3-4-10-15(14)16)20-22(27-24)17-11-5-6-12-18(17)23(20)30/h3-13,19,27H,1-2H3/t19-/m0/s1. The Balaban J connectivity index is 1.77. The maximum absolute atomic E-state index is 13.6. The number of carbonyl (C=O) groups is 1. The zero-order valence-corrected chi connectivity index (χ0v) is 17.5. The van der Waals surface area contributed by atoms with Crippen molar-refractivity contribution in [3.05, 3.63) is 115 Å². The molecule has 0 fully saturated rings. The minimum absolute atomic E-state index is 0.0948. The Hall–Kier alpha value is -4.19. The Morgan fingerprint density at radius 2 is 1.47 bits per heavy atom. The highest BCUT2D eigenvalue weighted by atomic mass is 16.2. The van der Waals surface area contributed by atoms with E-state index in [4.69, 9.17) is 0 Å². The molecule has 6 nitrogen and oxygen atoms in total. The molecule has 32 heavy (non-hydrogen) atoms. The van der Waals surface area contributed by atoms with E-state index in [2.05, 4.69) is 5.32 Å². The summed E-state index contributed by atoms with van der Waals surface area (Å²) in [5.41, 5.74) is 3.07. The van der Waals surface area contributed by atoms with Crippen LogP contribution in [0.25, 0.3) is 16.5 Å². The SMILES string of the molecule is Cn1c2c(c(=O)n(C)c1=O)[C@@H](c1cccc3ccccc13)C1=C(N2)c2ccccc2C1=O. The first-order valence-electron chi connectivity index (χ1n) is 10.4. The molecule has 2 aliphatic rings. The first-order chi connectivity index (χ1) is 15.5. The lowest BCUT2D eigenvalue weighted by Crippen LogP contribution is -2.42. The highest BCUT2D eigenvalue weighted by Crippen LogP contribution is 2.48. The Morgan fingerprint density at radius 1 is 0.781 bits per heavy atom. The van der Waals surface area contributed by atoms with Gasteiger partial charge in [-0.05, 0) is 16.3 Å². The lowest BCUT2D eigenvalue weighted by molar-refractivity contribution is 0.103. The number of ketones is 1. The molecule has 1 N–H and O–H groups in total. The fraction of sp³-hybridized carbons (Fsp3) is 0.115. The normalized spacial score (nSPS) is 16.6. The molecule has 0 saturated carbocycles. The third-order valence-electron chi connectivity index (χ3n) is 6.61. The van der Waals surface area contributed by atoms with Crippen molar-refractivity contribution in [2.24, 2.45) is 14.1 Å². The van der Waals surface area contributed by atoms with E-state index < -0.39 is 17.2 Å². The van der Waals surface area contributed by atoms with E-state index in [0.717, 1.165) is 26.5 Å². The van der Waals surface area contributed by atoms with Gasteiger partial charge in [0.1, 0.15) is 5.82 Å². The molecule has 2 heterocycles. The minimum Gasteiger partial charge on any atom is -0.340 e. The van der Waals surface area contributed by atoms with E-state index in [1.54, 1.807) is 13.1 Å². The van der Waals surface area contributed by atoms with Gasteiger partial charge in [0.05, 0.1) is 11.3 Å². The van der Waals surface area contributed by atoms with E-state index in [1.165, 1.54) is 11.6 Å². The number of allylic oxidation sites excluding steroid dienone is 1. The molecular weight excluding hydrogens is 402 g/mol.